The van der Waals surface area contributed by atoms with Gasteiger partial charge in [-0.05, 0) is 25.5 Å². The topological polar surface area (TPSA) is 129 Å². The monoisotopic (exact) mass is 550 g/mol. The minimum Gasteiger partial charge on any atom is -0.480 e. The number of amidine groups is 1. The molecule has 2 amide bonds. The van der Waals surface area contributed by atoms with Gasteiger partial charge in [0.2, 0.25) is 18.2 Å². The van der Waals surface area contributed by atoms with E-state index in [1.807, 2.05) is 0 Å². The number of ether oxygens (including phenoxy) is 2. The summed E-state index contributed by atoms with van der Waals surface area (Å²) in [7, 11) is 2.45. The van der Waals surface area contributed by atoms with Crippen LogP contribution in [0.3, 0.4) is 0 Å². The Hall–Kier alpha value is -3.72. The van der Waals surface area contributed by atoms with Gasteiger partial charge in [0.1, 0.15) is 17.2 Å². The van der Waals surface area contributed by atoms with Crippen molar-refractivity contribution in [3.05, 3.63) is 34.2 Å². The summed E-state index contributed by atoms with van der Waals surface area (Å²) in [4.78, 5) is 32.8. The lowest BCUT2D eigenvalue weighted by Crippen LogP contribution is -2.34. The number of pyridine rings is 2. The van der Waals surface area contributed by atoms with Crippen molar-refractivity contribution < 1.29 is 41.7 Å². The third-order valence-electron chi connectivity index (χ3n) is 4.66. The van der Waals surface area contributed by atoms with E-state index in [0.29, 0.717) is 18.0 Å². The Bertz CT molecular complexity index is 1180. The SMILES string of the molecule is CCN(C=O)/C(CO)=N\N(C)c1nc(OCC(F)(F)F)c(C(=O)Nc2c(C)cnc(OC)c2Cl)cc1F. The van der Waals surface area contributed by atoms with Crippen LogP contribution >= 0.6 is 11.6 Å². The molecule has 0 aliphatic heterocycles. The van der Waals surface area contributed by atoms with Gasteiger partial charge in [-0.3, -0.25) is 14.5 Å². The summed E-state index contributed by atoms with van der Waals surface area (Å²) in [5.41, 5.74) is -0.282. The first-order valence-electron chi connectivity index (χ1n) is 10.4. The number of aromatic nitrogens is 2. The van der Waals surface area contributed by atoms with Crippen LogP contribution in [0.1, 0.15) is 22.8 Å². The number of carbonyl (C=O) groups excluding carboxylic acids is 2. The summed E-state index contributed by atoms with van der Waals surface area (Å²) in [6.07, 6.45) is -3.10. The zero-order valence-corrected chi connectivity index (χ0v) is 20.8. The molecule has 0 aliphatic rings. The van der Waals surface area contributed by atoms with Crippen LogP contribution in [0.25, 0.3) is 0 Å². The van der Waals surface area contributed by atoms with Gasteiger partial charge >= 0.3 is 6.18 Å². The van der Waals surface area contributed by atoms with Gasteiger partial charge in [0.05, 0.1) is 12.8 Å². The van der Waals surface area contributed by atoms with E-state index in [4.69, 9.17) is 21.1 Å². The molecule has 0 radical (unpaired) electrons. The molecule has 2 N–H and O–H groups in total. The zero-order chi connectivity index (χ0) is 27.9. The van der Waals surface area contributed by atoms with Crippen LogP contribution in [0.4, 0.5) is 29.1 Å². The lowest BCUT2D eigenvalue weighted by molar-refractivity contribution is -0.154. The lowest BCUT2D eigenvalue weighted by Gasteiger charge is -2.21. The zero-order valence-electron chi connectivity index (χ0n) is 20.1. The summed E-state index contributed by atoms with van der Waals surface area (Å²) < 4.78 is 63.3. The molecule has 202 valence electrons. The van der Waals surface area contributed by atoms with Crippen LogP contribution in [0, 0.1) is 12.7 Å². The van der Waals surface area contributed by atoms with Crippen molar-refractivity contribution >= 4 is 41.3 Å². The molecule has 2 rings (SSSR count). The third-order valence-corrected chi connectivity index (χ3v) is 5.01. The number of aliphatic hydroxyl groups is 1. The highest BCUT2D eigenvalue weighted by Crippen LogP contribution is 2.34. The van der Waals surface area contributed by atoms with E-state index in [1.54, 1.807) is 13.8 Å². The number of hydrazone groups is 1. The number of aryl methyl sites for hydroxylation is 1. The fourth-order valence-electron chi connectivity index (χ4n) is 2.86. The highest BCUT2D eigenvalue weighted by Gasteiger charge is 2.31. The number of nitrogens with one attached hydrogen (secondary N) is 1. The maximum Gasteiger partial charge on any atom is 0.422 e. The Balaban J connectivity index is 2.56. The molecule has 2 aromatic rings. The second-order valence-corrected chi connectivity index (χ2v) is 7.61. The van der Waals surface area contributed by atoms with Crippen LogP contribution in [0.15, 0.2) is 17.4 Å². The highest BCUT2D eigenvalue weighted by atomic mass is 35.5. The van der Waals surface area contributed by atoms with Crippen molar-refractivity contribution in [1.82, 2.24) is 14.9 Å². The molecule has 0 fully saturated rings. The fraction of sp³-hybridized carbons (Fsp3) is 0.381. The minimum absolute atomic E-state index is 0.0209. The molecule has 0 unspecified atom stereocenters. The Morgan fingerprint density at radius 3 is 2.57 bits per heavy atom. The molecule has 16 heteroatoms. The average molecular weight is 551 g/mol. The quantitative estimate of drug-likeness (QED) is 0.152. The first-order chi connectivity index (χ1) is 17.4. The number of anilines is 2. The molecule has 37 heavy (non-hydrogen) atoms. The smallest absolute Gasteiger partial charge is 0.422 e. The van der Waals surface area contributed by atoms with Crippen molar-refractivity contribution in [1.29, 1.82) is 0 Å². The number of aliphatic hydroxyl groups excluding tert-OH is 1. The molecule has 0 spiro atoms. The molecular weight excluding hydrogens is 528 g/mol. The van der Waals surface area contributed by atoms with Crippen LogP contribution in [-0.4, -0.2) is 78.2 Å². The summed E-state index contributed by atoms with van der Waals surface area (Å²) in [5.74, 6) is -4.01. The Morgan fingerprint density at radius 2 is 2.03 bits per heavy atom. The number of hydrogen-bond donors (Lipinski definition) is 2. The predicted molar refractivity (Wildman–Crippen MR) is 126 cm³/mol. The predicted octanol–water partition coefficient (Wildman–Crippen LogP) is 3.00. The van der Waals surface area contributed by atoms with Gasteiger partial charge in [0.15, 0.2) is 24.1 Å². The summed E-state index contributed by atoms with van der Waals surface area (Å²) >= 11 is 6.17. The van der Waals surface area contributed by atoms with E-state index >= 15 is 4.39 Å². The molecule has 0 aromatic carbocycles. The van der Waals surface area contributed by atoms with E-state index in [1.165, 1.54) is 20.4 Å². The molecule has 2 heterocycles. The number of hydrogen-bond acceptors (Lipinski definition) is 9. The van der Waals surface area contributed by atoms with E-state index in [-0.39, 0.29) is 29.0 Å². The van der Waals surface area contributed by atoms with Gasteiger partial charge in [0, 0.05) is 19.8 Å². The maximum atomic E-state index is 15.0. The number of amides is 2. The Labute approximate surface area is 213 Å². The standard InChI is InChI=1S/C21H23ClF4N6O5/c1-5-32(10-34)14(8-33)30-31(3)17-13(23)6-12(19(29-17)37-9-21(24,25)26)18(35)28-16-11(2)7-27-20(36-4)15(16)22/h6-7,10,33H,5,8-9H2,1-4H3,(H,27,28,35)/b30-14-. The molecule has 0 aliphatic carbocycles. The van der Waals surface area contributed by atoms with Crippen molar-refractivity contribution in [2.24, 2.45) is 5.10 Å². The number of carbonyl (C=O) groups is 2. The van der Waals surface area contributed by atoms with Crippen molar-refractivity contribution in [2.75, 3.05) is 44.2 Å². The second kappa shape index (κ2) is 12.5. The first-order valence-corrected chi connectivity index (χ1v) is 10.8. The first kappa shape index (κ1) is 29.5. The normalized spacial score (nSPS) is 11.7. The van der Waals surface area contributed by atoms with Gasteiger partial charge in [-0.25, -0.2) is 14.4 Å². The number of alkyl halides is 3. The summed E-state index contributed by atoms with van der Waals surface area (Å²) in [6, 6.07) is 0.604. The van der Waals surface area contributed by atoms with Crippen molar-refractivity contribution in [3.8, 4) is 11.8 Å². The van der Waals surface area contributed by atoms with Gasteiger partial charge in [-0.15, -0.1) is 0 Å². The number of likely N-dealkylation sites (N-methyl/N-ethyl adjacent to an activating group) is 1. The fourth-order valence-corrected chi connectivity index (χ4v) is 3.19. The van der Waals surface area contributed by atoms with Gasteiger partial charge < -0.3 is 19.9 Å². The van der Waals surface area contributed by atoms with Crippen LogP contribution in [0.2, 0.25) is 5.02 Å². The highest BCUT2D eigenvalue weighted by molar-refractivity contribution is 6.35. The average Bonchev–Trinajstić information content (AvgIpc) is 2.84. The van der Waals surface area contributed by atoms with Crippen molar-refractivity contribution in [3.63, 3.8) is 0 Å². The second-order valence-electron chi connectivity index (χ2n) is 7.23. The number of methoxy groups -OCH3 is 1. The van der Waals surface area contributed by atoms with Crippen LogP contribution in [0.5, 0.6) is 11.8 Å². The van der Waals surface area contributed by atoms with Gasteiger partial charge in [0.25, 0.3) is 5.91 Å². The van der Waals surface area contributed by atoms with E-state index < -0.39 is 48.4 Å². The molecule has 0 saturated heterocycles. The summed E-state index contributed by atoms with van der Waals surface area (Å²) in [6.45, 7) is 0.695. The molecule has 0 bridgehead atoms. The minimum atomic E-state index is -4.80. The van der Waals surface area contributed by atoms with Crippen LogP contribution in [-0.2, 0) is 4.79 Å². The van der Waals surface area contributed by atoms with E-state index in [9.17, 15) is 27.9 Å². The van der Waals surface area contributed by atoms with Crippen molar-refractivity contribution in [2.45, 2.75) is 20.0 Å². The van der Waals surface area contributed by atoms with E-state index in [2.05, 4.69) is 20.4 Å². The summed E-state index contributed by atoms with van der Waals surface area (Å²) in [5, 5.41) is 16.4. The third kappa shape index (κ3) is 7.39. The number of rotatable bonds is 10. The largest absolute Gasteiger partial charge is 0.480 e. The molecule has 11 nitrogen and oxygen atoms in total. The van der Waals surface area contributed by atoms with Gasteiger partial charge in [-0.1, -0.05) is 11.6 Å². The molecule has 0 atom stereocenters. The number of halogens is 5. The Kier molecular flexibility index (Phi) is 9.96. The molecular formula is C21H23ClF4N6O5. The van der Waals surface area contributed by atoms with Gasteiger partial charge in [-0.2, -0.15) is 23.3 Å². The lowest BCUT2D eigenvalue weighted by atomic mass is 10.2. The maximum absolute atomic E-state index is 15.0. The molecule has 0 saturated carbocycles. The number of nitrogens with zero attached hydrogens (tertiary/aromatic N) is 5. The molecule has 2 aromatic heterocycles. The Morgan fingerprint density at radius 1 is 1.35 bits per heavy atom. The van der Waals surface area contributed by atoms with Crippen LogP contribution < -0.4 is 19.8 Å². The van der Waals surface area contributed by atoms with E-state index in [0.717, 1.165) is 9.91 Å².